The van der Waals surface area contributed by atoms with Crippen molar-refractivity contribution in [1.29, 1.82) is 0 Å². The van der Waals surface area contributed by atoms with E-state index in [9.17, 15) is 22.4 Å². The number of nitrogens with zero attached hydrogens (tertiary/aromatic N) is 1. The van der Waals surface area contributed by atoms with Crippen molar-refractivity contribution in [3.05, 3.63) is 105 Å². The highest BCUT2D eigenvalue weighted by atomic mass is 35.5. The molecule has 4 atom stereocenters. The summed E-state index contributed by atoms with van der Waals surface area (Å²) < 4.78 is 42.6. The van der Waals surface area contributed by atoms with Crippen LogP contribution in [0.25, 0.3) is 0 Å². The van der Waals surface area contributed by atoms with Gasteiger partial charge in [0.15, 0.2) is 10.7 Å². The topological polar surface area (TPSA) is 92.8 Å². The molecule has 1 heterocycles. The van der Waals surface area contributed by atoms with Crippen molar-refractivity contribution in [2.45, 2.75) is 50.5 Å². The van der Waals surface area contributed by atoms with E-state index in [2.05, 4.69) is 5.32 Å². The summed E-state index contributed by atoms with van der Waals surface area (Å²) in [5.74, 6) is -1.96. The quantitative estimate of drug-likeness (QED) is 0.308. The van der Waals surface area contributed by atoms with Gasteiger partial charge in [-0.15, -0.1) is 0 Å². The van der Waals surface area contributed by atoms with Gasteiger partial charge in [0.1, 0.15) is 29.9 Å². The highest BCUT2D eigenvalue weighted by molar-refractivity contribution is 7.72. The third kappa shape index (κ3) is 7.20. The molecule has 0 aromatic heterocycles. The Morgan fingerprint density at radius 1 is 0.975 bits per heavy atom. The molecule has 2 amide bonds. The van der Waals surface area contributed by atoms with Crippen LogP contribution in [0.3, 0.4) is 0 Å². The van der Waals surface area contributed by atoms with Gasteiger partial charge >= 0.3 is 0 Å². The van der Waals surface area contributed by atoms with E-state index < -0.39 is 58.5 Å². The molecule has 1 aliphatic rings. The molecule has 1 fully saturated rings. The molecule has 1 N–H and O–H groups in total. The van der Waals surface area contributed by atoms with Crippen molar-refractivity contribution >= 4 is 45.7 Å². The highest BCUT2D eigenvalue weighted by Crippen LogP contribution is 2.44. The summed E-state index contributed by atoms with van der Waals surface area (Å²) in [6, 6.07) is 18.0. The van der Waals surface area contributed by atoms with Crippen molar-refractivity contribution in [1.82, 2.24) is 10.2 Å². The minimum Gasteiger partial charge on any atom is -0.358 e. The Morgan fingerprint density at radius 2 is 1.55 bits per heavy atom. The van der Waals surface area contributed by atoms with E-state index in [1.54, 1.807) is 60.7 Å². The van der Waals surface area contributed by atoms with Crippen molar-refractivity contribution < 1.29 is 27.1 Å². The molecule has 0 saturated carbocycles. The summed E-state index contributed by atoms with van der Waals surface area (Å²) in [5, 5.41) is 3.47. The van der Waals surface area contributed by atoms with Crippen LogP contribution >= 0.6 is 23.2 Å². The van der Waals surface area contributed by atoms with E-state index in [0.29, 0.717) is 27.6 Å². The number of rotatable bonds is 10. The first-order chi connectivity index (χ1) is 19.2. The number of carbonyl (C=O) groups is 2. The monoisotopic (exact) mass is 606 g/mol. The Bertz CT molecular complexity index is 1390. The van der Waals surface area contributed by atoms with Crippen LogP contribution in [0.2, 0.25) is 10.0 Å². The molecule has 0 radical (unpaired) electrons. The largest absolute Gasteiger partial charge is 0.358 e. The first kappa shape index (κ1) is 30.0. The average Bonchev–Trinajstić information content (AvgIpc) is 2.93. The second kappa shape index (κ2) is 13.6. The summed E-state index contributed by atoms with van der Waals surface area (Å²) in [5.41, 5.74) is 2.09. The molecule has 1 aliphatic heterocycles. The number of benzene rings is 3. The van der Waals surface area contributed by atoms with Crippen LogP contribution in [0, 0.1) is 5.82 Å². The summed E-state index contributed by atoms with van der Waals surface area (Å²) in [6.07, 6.45) is -0.746. The van der Waals surface area contributed by atoms with Gasteiger partial charge in [0.2, 0.25) is 5.91 Å². The molecule has 0 spiro atoms. The zero-order valence-corrected chi connectivity index (χ0v) is 24.0. The van der Waals surface area contributed by atoms with Gasteiger partial charge in [-0.3, -0.25) is 9.59 Å². The third-order valence-corrected chi connectivity index (χ3v) is 7.67. The molecular weight excluding hydrogens is 578 g/mol. The molecule has 212 valence electrons. The summed E-state index contributed by atoms with van der Waals surface area (Å²) >= 11 is 12.3. The fraction of sp³-hybridized carbons (Fsp3) is 0.310. The number of hydrogen-bond acceptors (Lipinski definition) is 5. The average molecular weight is 608 g/mol. The zero-order chi connectivity index (χ0) is 28.8. The lowest BCUT2D eigenvalue weighted by atomic mass is 9.88. The first-order valence-corrected chi connectivity index (χ1v) is 14.9. The van der Waals surface area contributed by atoms with Gasteiger partial charge < -0.3 is 15.0 Å². The summed E-state index contributed by atoms with van der Waals surface area (Å²) in [4.78, 5) is 29.1. The number of morpholine rings is 1. The van der Waals surface area contributed by atoms with E-state index in [-0.39, 0.29) is 12.8 Å². The molecule has 1 saturated heterocycles. The molecule has 0 aliphatic carbocycles. The van der Waals surface area contributed by atoms with Crippen LogP contribution in [-0.4, -0.2) is 43.2 Å². The van der Waals surface area contributed by atoms with Crippen LogP contribution in [0.5, 0.6) is 0 Å². The lowest BCUT2D eigenvalue weighted by molar-refractivity contribution is -0.181. The first-order valence-electron chi connectivity index (χ1n) is 12.8. The maximum Gasteiger partial charge on any atom is 0.253 e. The van der Waals surface area contributed by atoms with Gasteiger partial charge in [0.25, 0.3) is 5.91 Å². The molecule has 4 rings (SSSR count). The Balaban J connectivity index is 1.85. The maximum absolute atomic E-state index is 14.2. The number of hydrogen-bond donors (Lipinski definition) is 2. The number of thiol groups is 1. The predicted octanol–water partition coefficient (Wildman–Crippen LogP) is 5.24. The van der Waals surface area contributed by atoms with Crippen molar-refractivity contribution in [2.24, 2.45) is 0 Å². The Hall–Kier alpha value is -2.98. The fourth-order valence-corrected chi connectivity index (χ4v) is 5.45. The molecule has 3 aromatic rings. The van der Waals surface area contributed by atoms with Gasteiger partial charge in [-0.05, 0) is 59.5 Å². The minimum atomic E-state index is -2.87. The Morgan fingerprint density at radius 3 is 2.10 bits per heavy atom. The van der Waals surface area contributed by atoms with Gasteiger partial charge in [0.05, 0.1) is 6.04 Å². The Kier molecular flexibility index (Phi) is 10.2. The Labute approximate surface area is 244 Å². The highest BCUT2D eigenvalue weighted by Gasteiger charge is 2.48. The smallest absolute Gasteiger partial charge is 0.253 e. The summed E-state index contributed by atoms with van der Waals surface area (Å²) in [6.45, 7) is 1.88. The number of amides is 2. The van der Waals surface area contributed by atoms with Gasteiger partial charge in [-0.2, -0.15) is 0 Å². The predicted molar refractivity (Wildman–Crippen MR) is 152 cm³/mol. The van der Waals surface area contributed by atoms with Crippen LogP contribution in [0.4, 0.5) is 4.39 Å². The third-order valence-electron chi connectivity index (χ3n) is 6.75. The van der Waals surface area contributed by atoms with Crippen molar-refractivity contribution in [3.63, 3.8) is 0 Å². The number of ether oxygens (including phenoxy) is 1. The molecule has 0 unspecified atom stereocenters. The normalized spacial score (nSPS) is 20.0. The number of nitrogens with one attached hydrogen (secondary N) is 1. The molecule has 7 nitrogen and oxygen atoms in total. The van der Waals surface area contributed by atoms with Gasteiger partial charge in [-0.25, -0.2) is 12.8 Å². The SMILES string of the molecule is CCC[C@@H](C(=O)NC[SH](=O)=O)N1C(=O)[C@@H](Cc2ccc(F)cc2)O[C@H](c2ccc(Cl)cc2)[C@@H]1c1ccc(Cl)cc1. The lowest BCUT2D eigenvalue weighted by Crippen LogP contribution is -2.59. The molecule has 0 bridgehead atoms. The molecular formula is C29H29Cl2FN2O5S. The van der Waals surface area contributed by atoms with E-state index in [4.69, 9.17) is 27.9 Å². The van der Waals surface area contributed by atoms with Crippen LogP contribution in [0.1, 0.15) is 48.6 Å². The summed E-state index contributed by atoms with van der Waals surface area (Å²) in [7, 11) is -2.87. The van der Waals surface area contributed by atoms with Crippen LogP contribution in [-0.2, 0) is 31.5 Å². The lowest BCUT2D eigenvalue weighted by Gasteiger charge is -2.47. The second-order valence-corrected chi connectivity index (χ2v) is 11.4. The zero-order valence-electron chi connectivity index (χ0n) is 21.6. The van der Waals surface area contributed by atoms with Crippen LogP contribution in [0.15, 0.2) is 72.8 Å². The van der Waals surface area contributed by atoms with Gasteiger partial charge in [-0.1, -0.05) is 72.9 Å². The standard InChI is InChI=1S/C29H29Cl2FN2O5S/c1-2-3-24(28(35)33-17-40(37)38)34-26(19-6-10-21(30)11-7-19)27(20-8-12-22(31)13-9-20)39-25(29(34)36)16-18-4-14-23(32)15-5-18/h4-15,24-27,40H,2-3,16-17H2,1H3,(H,33,35)/t24-,25+,26-,27+/m0/s1. The molecule has 40 heavy (non-hydrogen) atoms. The van der Waals surface area contributed by atoms with E-state index in [0.717, 1.165) is 5.56 Å². The van der Waals surface area contributed by atoms with E-state index in [1.807, 2.05) is 6.92 Å². The number of carbonyl (C=O) groups excluding carboxylic acids is 2. The minimum absolute atomic E-state index is 0.139. The van der Waals surface area contributed by atoms with Crippen molar-refractivity contribution in [3.8, 4) is 0 Å². The second-order valence-electron chi connectivity index (χ2n) is 9.51. The van der Waals surface area contributed by atoms with Gasteiger partial charge in [0, 0.05) is 16.5 Å². The van der Waals surface area contributed by atoms with Crippen LogP contribution < -0.4 is 5.32 Å². The fourth-order valence-electron chi connectivity index (χ4n) is 4.92. The number of halogens is 3. The molecule has 11 heteroatoms. The molecule has 3 aromatic carbocycles. The van der Waals surface area contributed by atoms with Crippen molar-refractivity contribution in [2.75, 3.05) is 5.88 Å². The maximum atomic E-state index is 14.2. The van der Waals surface area contributed by atoms with E-state index >= 15 is 0 Å². The van der Waals surface area contributed by atoms with E-state index in [1.165, 1.54) is 17.0 Å².